The molecule has 3 rings (SSSR count). The quantitative estimate of drug-likeness (QED) is 0.731. The van der Waals surface area contributed by atoms with Crippen molar-refractivity contribution >= 4 is 22.4 Å². The van der Waals surface area contributed by atoms with Crippen LogP contribution in [0.25, 0.3) is 0 Å². The molecule has 7 nitrogen and oxygen atoms in total. The Labute approximate surface area is 172 Å². The summed E-state index contributed by atoms with van der Waals surface area (Å²) in [4.78, 5) is 4.33. The molecule has 2 aromatic rings. The topological polar surface area (TPSA) is 80.8 Å². The van der Waals surface area contributed by atoms with Gasteiger partial charge < -0.3 is 14.8 Å². The van der Waals surface area contributed by atoms with Crippen LogP contribution in [0.3, 0.4) is 0 Å². The molecule has 1 fully saturated rings. The van der Waals surface area contributed by atoms with Crippen LogP contribution in [-0.2, 0) is 10.0 Å². The van der Waals surface area contributed by atoms with Crippen LogP contribution in [-0.4, -0.2) is 50.6 Å². The number of hydrogen-bond donors (Lipinski definition) is 1. The van der Waals surface area contributed by atoms with E-state index in [1.807, 2.05) is 26.0 Å². The van der Waals surface area contributed by atoms with E-state index in [0.29, 0.717) is 44.3 Å². The van der Waals surface area contributed by atoms with Crippen LogP contribution in [0.15, 0.2) is 47.6 Å². The lowest BCUT2D eigenvalue weighted by atomic mass is 10.1. The first-order chi connectivity index (χ1) is 13.1. The van der Waals surface area contributed by atoms with Gasteiger partial charge in [-0.15, -0.1) is 12.4 Å². The summed E-state index contributed by atoms with van der Waals surface area (Å²) >= 11 is 0. The van der Waals surface area contributed by atoms with Crippen LogP contribution in [0, 0.1) is 0 Å². The van der Waals surface area contributed by atoms with E-state index in [-0.39, 0.29) is 23.3 Å². The molecule has 1 aliphatic heterocycles. The minimum atomic E-state index is -3.70. The lowest BCUT2D eigenvalue weighted by molar-refractivity contribution is 0.270. The Kier molecular flexibility index (Phi) is 8.06. The van der Waals surface area contributed by atoms with Gasteiger partial charge in [0, 0.05) is 38.1 Å². The van der Waals surface area contributed by atoms with E-state index < -0.39 is 10.0 Å². The van der Waals surface area contributed by atoms with E-state index in [4.69, 9.17) is 9.47 Å². The minimum absolute atomic E-state index is 0. The molecule has 0 amide bonds. The zero-order chi connectivity index (χ0) is 19.3. The molecule has 1 aromatic heterocycles. The predicted octanol–water partition coefficient (Wildman–Crippen LogP) is 2.64. The average Bonchev–Trinajstić information content (AvgIpc) is 2.70. The van der Waals surface area contributed by atoms with Crippen LogP contribution >= 0.6 is 12.4 Å². The maximum absolute atomic E-state index is 13.4. The summed E-state index contributed by atoms with van der Waals surface area (Å²) in [6, 6.07) is 8.19. The molecule has 1 N–H and O–H groups in total. The first kappa shape index (κ1) is 22.4. The number of sulfonamides is 1. The van der Waals surface area contributed by atoms with Crippen molar-refractivity contribution in [2.24, 2.45) is 0 Å². The Hall–Kier alpha value is -1.87. The molecule has 2 heterocycles. The highest BCUT2D eigenvalue weighted by molar-refractivity contribution is 7.89. The number of halogens is 1. The highest BCUT2D eigenvalue weighted by Gasteiger charge is 2.35. The summed E-state index contributed by atoms with van der Waals surface area (Å²) in [7, 11) is -3.70. The first-order valence-corrected chi connectivity index (χ1v) is 10.5. The molecule has 0 saturated carbocycles. The molecule has 1 aromatic carbocycles. The van der Waals surface area contributed by atoms with Crippen molar-refractivity contribution in [1.82, 2.24) is 14.6 Å². The fraction of sp³-hybridized carbons (Fsp3) is 0.421. The normalized spacial score (nSPS) is 17.6. The van der Waals surface area contributed by atoms with Crippen LogP contribution in [0.4, 0.5) is 0 Å². The largest absolute Gasteiger partial charge is 0.490 e. The lowest BCUT2D eigenvalue weighted by Gasteiger charge is -2.35. The Morgan fingerprint density at radius 2 is 1.93 bits per heavy atom. The third kappa shape index (κ3) is 4.75. The van der Waals surface area contributed by atoms with Crippen LogP contribution < -0.4 is 14.8 Å². The van der Waals surface area contributed by atoms with Gasteiger partial charge in [0.1, 0.15) is 0 Å². The Morgan fingerprint density at radius 3 is 2.61 bits per heavy atom. The highest BCUT2D eigenvalue weighted by Crippen LogP contribution is 2.34. The third-order valence-corrected chi connectivity index (χ3v) is 6.29. The second-order valence-corrected chi connectivity index (χ2v) is 7.99. The van der Waals surface area contributed by atoms with Gasteiger partial charge in [-0.05, 0) is 37.6 Å². The molecule has 0 aliphatic carbocycles. The van der Waals surface area contributed by atoms with E-state index in [1.165, 1.54) is 4.31 Å². The second kappa shape index (κ2) is 10.1. The molecule has 9 heteroatoms. The van der Waals surface area contributed by atoms with Crippen molar-refractivity contribution in [2.75, 3.05) is 32.8 Å². The van der Waals surface area contributed by atoms with Crippen molar-refractivity contribution in [3.8, 4) is 11.5 Å². The first-order valence-electron chi connectivity index (χ1n) is 9.10. The van der Waals surface area contributed by atoms with Gasteiger partial charge >= 0.3 is 0 Å². The van der Waals surface area contributed by atoms with E-state index in [1.54, 1.807) is 30.6 Å². The molecule has 1 saturated heterocycles. The van der Waals surface area contributed by atoms with Crippen molar-refractivity contribution < 1.29 is 17.9 Å². The molecule has 0 spiro atoms. The van der Waals surface area contributed by atoms with Crippen molar-refractivity contribution in [3.63, 3.8) is 0 Å². The zero-order valence-electron chi connectivity index (χ0n) is 16.0. The van der Waals surface area contributed by atoms with Gasteiger partial charge in [-0.3, -0.25) is 4.98 Å². The summed E-state index contributed by atoms with van der Waals surface area (Å²) in [5.74, 6) is 0.982. The number of nitrogens with one attached hydrogen (secondary N) is 1. The van der Waals surface area contributed by atoms with E-state index in [0.717, 1.165) is 5.56 Å². The van der Waals surface area contributed by atoms with E-state index in [9.17, 15) is 8.42 Å². The smallest absolute Gasteiger partial charge is 0.243 e. The molecule has 1 unspecified atom stereocenters. The molecule has 1 aliphatic rings. The SMILES string of the molecule is CCOc1ccc(S(=O)(=O)N2CCNCC2c2cccnc2)cc1OCC.Cl. The van der Waals surface area contributed by atoms with Crippen LogP contribution in [0.5, 0.6) is 11.5 Å². The minimum Gasteiger partial charge on any atom is -0.490 e. The van der Waals surface area contributed by atoms with E-state index >= 15 is 0 Å². The number of hydrogen-bond acceptors (Lipinski definition) is 6. The summed E-state index contributed by atoms with van der Waals surface area (Å²) in [6.07, 6.45) is 3.39. The number of benzene rings is 1. The van der Waals surface area contributed by atoms with E-state index in [2.05, 4.69) is 10.3 Å². The zero-order valence-corrected chi connectivity index (χ0v) is 17.6. The third-order valence-electron chi connectivity index (χ3n) is 4.38. The number of rotatable bonds is 7. The van der Waals surface area contributed by atoms with Crippen molar-refractivity contribution in [2.45, 2.75) is 24.8 Å². The fourth-order valence-corrected chi connectivity index (χ4v) is 4.79. The van der Waals surface area contributed by atoms with Crippen LogP contribution in [0.1, 0.15) is 25.5 Å². The summed E-state index contributed by atoms with van der Waals surface area (Å²) < 4.78 is 39.4. The molecular formula is C19H26ClN3O4S. The average molecular weight is 428 g/mol. The maximum Gasteiger partial charge on any atom is 0.243 e. The Bertz CT molecular complexity index is 865. The van der Waals surface area contributed by atoms with Gasteiger partial charge in [-0.25, -0.2) is 8.42 Å². The number of aromatic nitrogens is 1. The Balaban J connectivity index is 0.00000280. The number of pyridine rings is 1. The fourth-order valence-electron chi connectivity index (χ4n) is 3.16. The van der Waals surface area contributed by atoms with Crippen molar-refractivity contribution in [1.29, 1.82) is 0 Å². The second-order valence-electron chi connectivity index (χ2n) is 6.10. The van der Waals surface area contributed by atoms with Gasteiger partial charge in [-0.2, -0.15) is 4.31 Å². The molecule has 154 valence electrons. The standard InChI is InChI=1S/C19H25N3O4S.ClH/c1-3-25-18-8-7-16(12-19(18)26-4-2)27(23,24)22-11-10-21-14-17(22)15-6-5-9-20-13-15;/h5-9,12-13,17,21H,3-4,10-11,14H2,1-2H3;1H. The lowest BCUT2D eigenvalue weighted by Crippen LogP contribution is -2.48. The highest BCUT2D eigenvalue weighted by atomic mass is 35.5. The molecule has 1 atom stereocenters. The monoisotopic (exact) mass is 427 g/mol. The van der Waals surface area contributed by atoms with Crippen LogP contribution in [0.2, 0.25) is 0 Å². The summed E-state index contributed by atoms with van der Waals surface area (Å²) in [5, 5.41) is 3.27. The molecule has 0 radical (unpaired) electrons. The molecular weight excluding hydrogens is 402 g/mol. The number of piperazine rings is 1. The van der Waals surface area contributed by atoms with Gasteiger partial charge in [0.05, 0.1) is 24.2 Å². The summed E-state index contributed by atoms with van der Waals surface area (Å²) in [6.45, 7) is 6.17. The summed E-state index contributed by atoms with van der Waals surface area (Å²) in [5.41, 5.74) is 0.865. The molecule has 28 heavy (non-hydrogen) atoms. The van der Waals surface area contributed by atoms with Gasteiger partial charge in [-0.1, -0.05) is 6.07 Å². The predicted molar refractivity (Wildman–Crippen MR) is 110 cm³/mol. The number of nitrogens with zero attached hydrogens (tertiary/aromatic N) is 2. The Morgan fingerprint density at radius 1 is 1.18 bits per heavy atom. The maximum atomic E-state index is 13.4. The van der Waals surface area contributed by atoms with Gasteiger partial charge in [0.2, 0.25) is 10.0 Å². The molecule has 0 bridgehead atoms. The van der Waals surface area contributed by atoms with Crippen molar-refractivity contribution in [3.05, 3.63) is 48.3 Å². The van der Waals surface area contributed by atoms with Gasteiger partial charge in [0.15, 0.2) is 11.5 Å². The van der Waals surface area contributed by atoms with Gasteiger partial charge in [0.25, 0.3) is 0 Å². The number of ether oxygens (including phenoxy) is 2.